The molecular formula is C50H38Cl4. The highest BCUT2D eigenvalue weighted by Gasteiger charge is 2.29. The summed E-state index contributed by atoms with van der Waals surface area (Å²) in [6, 6.07) is 40.5. The Labute approximate surface area is 338 Å². The monoisotopic (exact) mass is 778 g/mol. The van der Waals surface area contributed by atoms with Gasteiger partial charge in [0.2, 0.25) is 0 Å². The molecule has 1 aliphatic carbocycles. The first-order valence-corrected chi connectivity index (χ1v) is 19.4. The number of rotatable bonds is 4. The average Bonchev–Trinajstić information content (AvgIpc) is 3.43. The van der Waals surface area contributed by atoms with E-state index >= 15 is 0 Å². The smallest absolute Gasteiger partial charge is 0.0491 e. The van der Waals surface area contributed by atoms with Gasteiger partial charge in [-0.2, -0.15) is 0 Å². The highest BCUT2D eigenvalue weighted by atomic mass is 35.5. The fourth-order valence-corrected chi connectivity index (χ4v) is 7.15. The molecule has 0 saturated carbocycles. The molecule has 0 unspecified atom stereocenters. The first-order chi connectivity index (χ1) is 25.7. The molecule has 7 rings (SSSR count). The summed E-state index contributed by atoms with van der Waals surface area (Å²) in [5.41, 5.74) is 26.5. The number of benzene rings is 6. The van der Waals surface area contributed by atoms with Crippen LogP contribution in [0.25, 0.3) is 33.1 Å². The second-order valence-corrected chi connectivity index (χ2v) is 17.4. The summed E-state index contributed by atoms with van der Waals surface area (Å²) in [4.78, 5) is 0. The zero-order chi connectivity index (χ0) is 38.4. The summed E-state index contributed by atoms with van der Waals surface area (Å²) in [5.74, 6) is 0. The van der Waals surface area contributed by atoms with Gasteiger partial charge in [0.25, 0.3) is 0 Å². The van der Waals surface area contributed by atoms with Gasteiger partial charge >= 0.3 is 0 Å². The Morgan fingerprint density at radius 3 is 0.944 bits per heavy atom. The van der Waals surface area contributed by atoms with E-state index in [1.165, 1.54) is 21.9 Å². The second kappa shape index (κ2) is 14.9. The van der Waals surface area contributed by atoms with Crippen molar-refractivity contribution >= 4 is 79.5 Å². The van der Waals surface area contributed by atoms with Gasteiger partial charge in [-0.15, -0.1) is 0 Å². The maximum absolute atomic E-state index is 6.34. The number of hydrogen-bond acceptors (Lipinski definition) is 0. The first-order valence-electron chi connectivity index (χ1n) is 17.9. The van der Waals surface area contributed by atoms with Crippen molar-refractivity contribution in [2.75, 3.05) is 0 Å². The van der Waals surface area contributed by atoms with Gasteiger partial charge in [0.15, 0.2) is 0 Å². The molecule has 0 nitrogen and oxygen atoms in total. The zero-order valence-corrected chi connectivity index (χ0v) is 34.1. The lowest BCUT2D eigenvalue weighted by molar-refractivity contribution is 0.589. The molecule has 0 saturated heterocycles. The van der Waals surface area contributed by atoms with Gasteiger partial charge in [0.05, 0.1) is 0 Å². The topological polar surface area (TPSA) is 0 Å². The molecule has 1 aliphatic rings. The molecule has 0 radical (unpaired) electrons. The third kappa shape index (κ3) is 7.91. The van der Waals surface area contributed by atoms with Crippen LogP contribution in [0, 0.1) is 0 Å². The summed E-state index contributed by atoms with van der Waals surface area (Å²) in [7, 11) is 0. The minimum absolute atomic E-state index is 0.0937. The van der Waals surface area contributed by atoms with Crippen molar-refractivity contribution in [3.05, 3.63) is 209 Å². The molecule has 0 fully saturated rings. The van der Waals surface area contributed by atoms with Gasteiger partial charge in [-0.05, 0) is 116 Å². The Hall–Kier alpha value is -4.66. The maximum atomic E-state index is 6.34. The molecule has 4 heteroatoms. The predicted molar refractivity (Wildman–Crippen MR) is 233 cm³/mol. The lowest BCUT2D eigenvalue weighted by Gasteiger charge is -2.23. The van der Waals surface area contributed by atoms with E-state index < -0.39 is 0 Å². The number of hydrogen-bond donors (Lipinski definition) is 0. The van der Waals surface area contributed by atoms with Gasteiger partial charge in [-0.1, -0.05) is 172 Å². The van der Waals surface area contributed by atoms with Crippen LogP contribution < -0.4 is 0 Å². The van der Waals surface area contributed by atoms with Crippen molar-refractivity contribution in [2.45, 2.75) is 52.4 Å². The Balaban J connectivity index is 1.67. The normalized spacial score (nSPS) is 12.3. The summed E-state index contributed by atoms with van der Waals surface area (Å²) in [6.45, 7) is 13.5. The SMILES string of the molecule is CC(C)(C)c1cc2c3c(cc(C(C)(C)C)cc3c1)C(=C=C=C(c1ccc(Cl)cc1)c1ccc(Cl)cc1)C2=C=C=C(c1ccc(Cl)cc1)c1ccc(Cl)cc1. The van der Waals surface area contributed by atoms with Gasteiger partial charge in [-0.3, -0.25) is 0 Å². The van der Waals surface area contributed by atoms with Crippen LogP contribution in [-0.2, 0) is 10.8 Å². The van der Waals surface area contributed by atoms with Crippen LogP contribution in [0.15, 0.2) is 144 Å². The van der Waals surface area contributed by atoms with E-state index in [4.69, 9.17) is 46.4 Å². The molecule has 0 heterocycles. The summed E-state index contributed by atoms with van der Waals surface area (Å²) >= 11 is 25.4. The molecule has 0 aromatic heterocycles. The summed E-state index contributed by atoms with van der Waals surface area (Å²) in [5, 5.41) is 5.02. The van der Waals surface area contributed by atoms with E-state index in [1.54, 1.807) is 0 Å². The molecule has 54 heavy (non-hydrogen) atoms. The molecule has 0 atom stereocenters. The molecule has 0 amide bonds. The predicted octanol–water partition coefficient (Wildman–Crippen LogP) is 15.6. The van der Waals surface area contributed by atoms with E-state index in [0.717, 1.165) is 55.7 Å². The van der Waals surface area contributed by atoms with Crippen LogP contribution in [0.1, 0.15) is 86.1 Å². The average molecular weight is 781 g/mol. The van der Waals surface area contributed by atoms with Gasteiger partial charge in [0.1, 0.15) is 0 Å². The van der Waals surface area contributed by atoms with Crippen molar-refractivity contribution in [1.82, 2.24) is 0 Å². The van der Waals surface area contributed by atoms with E-state index in [1.807, 2.05) is 97.1 Å². The van der Waals surface area contributed by atoms with E-state index in [9.17, 15) is 0 Å². The third-order valence-corrected chi connectivity index (χ3v) is 10.7. The minimum atomic E-state index is -0.0937. The number of allylic oxidation sites excluding steroid dienone is 2. The lowest BCUT2D eigenvalue weighted by atomic mass is 9.81. The molecule has 6 aromatic rings. The van der Waals surface area contributed by atoms with Gasteiger partial charge < -0.3 is 0 Å². The van der Waals surface area contributed by atoms with Crippen molar-refractivity contribution < 1.29 is 0 Å². The fraction of sp³-hybridized carbons (Fsp3) is 0.160. The van der Waals surface area contributed by atoms with Crippen LogP contribution in [0.5, 0.6) is 0 Å². The first kappa shape index (κ1) is 37.6. The standard InChI is InChI=1S/C50H38Cl4/c1-49(2,3)36-27-35-28-37(50(4,5)6)30-47-45(26-24-43(33-11-19-40(53)20-12-33)34-13-21-41(54)22-14-34)44(46(29-36)48(35)47)25-23-42(31-7-15-38(51)16-8-31)32-9-17-39(52)18-10-32/h7-22,27-30H,1-6H3. The van der Waals surface area contributed by atoms with Crippen LogP contribution in [0.3, 0.4) is 0 Å². The Bertz CT molecular complexity index is 2360. The molecule has 0 spiro atoms. The van der Waals surface area contributed by atoms with Crippen molar-refractivity contribution in [2.24, 2.45) is 0 Å². The van der Waals surface area contributed by atoms with E-state index in [2.05, 4.69) is 88.7 Å². The number of halogens is 4. The quantitative estimate of drug-likeness (QED) is 0.156. The zero-order valence-electron chi connectivity index (χ0n) is 31.1. The van der Waals surface area contributed by atoms with Crippen molar-refractivity contribution in [3.63, 3.8) is 0 Å². The van der Waals surface area contributed by atoms with Crippen LogP contribution in [0.4, 0.5) is 0 Å². The molecule has 0 bridgehead atoms. The van der Waals surface area contributed by atoms with Crippen LogP contribution in [-0.4, -0.2) is 0 Å². The summed E-state index contributed by atoms with van der Waals surface area (Å²) in [6.07, 6.45) is 0. The Kier molecular flexibility index (Phi) is 10.4. The maximum Gasteiger partial charge on any atom is 0.0491 e. The molecule has 0 aliphatic heterocycles. The Morgan fingerprint density at radius 2 is 0.685 bits per heavy atom. The summed E-state index contributed by atoms with van der Waals surface area (Å²) < 4.78 is 0. The lowest BCUT2D eigenvalue weighted by Crippen LogP contribution is -2.12. The largest absolute Gasteiger partial charge is 0.0843 e. The highest BCUT2D eigenvalue weighted by molar-refractivity contribution is 6.31. The molecule has 266 valence electrons. The minimum Gasteiger partial charge on any atom is -0.0843 e. The Morgan fingerprint density at radius 1 is 0.407 bits per heavy atom. The van der Waals surface area contributed by atoms with E-state index in [-0.39, 0.29) is 10.8 Å². The van der Waals surface area contributed by atoms with Gasteiger partial charge in [0, 0.05) is 53.5 Å². The van der Waals surface area contributed by atoms with Crippen molar-refractivity contribution in [3.8, 4) is 0 Å². The van der Waals surface area contributed by atoms with Gasteiger partial charge in [-0.25, -0.2) is 0 Å². The fourth-order valence-electron chi connectivity index (χ4n) is 6.64. The molecular weight excluding hydrogens is 742 g/mol. The van der Waals surface area contributed by atoms with E-state index in [0.29, 0.717) is 20.1 Å². The molecule has 6 aromatic carbocycles. The molecule has 0 N–H and O–H groups in total. The highest BCUT2D eigenvalue weighted by Crippen LogP contribution is 2.48. The third-order valence-electron chi connectivity index (χ3n) is 9.73. The second-order valence-electron chi connectivity index (χ2n) is 15.7. The van der Waals surface area contributed by atoms with Crippen LogP contribution in [0.2, 0.25) is 20.1 Å². The van der Waals surface area contributed by atoms with Crippen LogP contribution >= 0.6 is 46.4 Å². The van der Waals surface area contributed by atoms with Crippen molar-refractivity contribution in [1.29, 1.82) is 0 Å².